The lowest BCUT2D eigenvalue weighted by Gasteiger charge is -2.16. The molecule has 114 valence electrons. The molecule has 2 rings (SSSR count). The molecule has 0 aromatic heterocycles. The van der Waals surface area contributed by atoms with Crippen LogP contribution in [0.4, 0.5) is 17.1 Å². The van der Waals surface area contributed by atoms with Gasteiger partial charge in [0.15, 0.2) is 0 Å². The second kappa shape index (κ2) is 6.56. The van der Waals surface area contributed by atoms with E-state index in [4.69, 9.17) is 0 Å². The van der Waals surface area contributed by atoms with Gasteiger partial charge in [0, 0.05) is 17.8 Å². The van der Waals surface area contributed by atoms with E-state index in [2.05, 4.69) is 17.6 Å². The van der Waals surface area contributed by atoms with Gasteiger partial charge in [-0.15, -0.1) is 0 Å². The summed E-state index contributed by atoms with van der Waals surface area (Å²) in [5.74, 6) is -0.118. The Labute approximate surface area is 124 Å². The number of carbonyl (C=O) groups excluding carboxylic acids is 1. The van der Waals surface area contributed by atoms with Crippen molar-refractivity contribution in [3.63, 3.8) is 0 Å². The first-order valence-electron chi connectivity index (χ1n) is 7.39. The minimum atomic E-state index is -0.399. The van der Waals surface area contributed by atoms with Crippen LogP contribution in [0, 0.1) is 10.1 Å². The van der Waals surface area contributed by atoms with Crippen molar-refractivity contribution in [1.82, 2.24) is 0 Å². The normalized spacial score (nSPS) is 14.5. The van der Waals surface area contributed by atoms with Crippen molar-refractivity contribution < 1.29 is 9.72 Å². The van der Waals surface area contributed by atoms with Crippen LogP contribution < -0.4 is 10.6 Å². The molecule has 0 fully saturated rings. The molecular weight excluding hydrogens is 270 g/mol. The molecule has 0 aliphatic carbocycles. The van der Waals surface area contributed by atoms with E-state index in [0.29, 0.717) is 16.9 Å². The summed E-state index contributed by atoms with van der Waals surface area (Å²) < 4.78 is 0. The van der Waals surface area contributed by atoms with Gasteiger partial charge in [-0.2, -0.15) is 0 Å². The minimum Gasteiger partial charge on any atom is -0.377 e. The molecule has 0 radical (unpaired) electrons. The van der Waals surface area contributed by atoms with Crippen molar-refractivity contribution in [2.24, 2.45) is 0 Å². The Balaban J connectivity index is 2.16. The van der Waals surface area contributed by atoms with Crippen LogP contribution >= 0.6 is 0 Å². The Hall–Kier alpha value is -2.11. The standard InChI is InChI=1S/C15H21N3O3/c1-3-4-5-6-10(2)16-13-9-12-11(8-15(19)17-12)7-14(13)18(20)21/h7,9-10,16H,3-6,8H2,1-2H3,(H,17,19). The van der Waals surface area contributed by atoms with E-state index in [1.165, 1.54) is 6.07 Å². The molecule has 1 atom stereocenters. The number of carbonyl (C=O) groups is 1. The van der Waals surface area contributed by atoms with E-state index in [1.54, 1.807) is 6.07 Å². The maximum absolute atomic E-state index is 11.4. The first-order valence-corrected chi connectivity index (χ1v) is 7.39. The molecule has 1 heterocycles. The summed E-state index contributed by atoms with van der Waals surface area (Å²) in [6.45, 7) is 4.16. The number of nitrogens with zero attached hydrogens (tertiary/aromatic N) is 1. The average Bonchev–Trinajstić information content (AvgIpc) is 2.77. The molecule has 0 bridgehead atoms. The number of fused-ring (bicyclic) bond motifs is 1. The number of nitrogens with one attached hydrogen (secondary N) is 2. The van der Waals surface area contributed by atoms with E-state index >= 15 is 0 Å². The van der Waals surface area contributed by atoms with Gasteiger partial charge < -0.3 is 10.6 Å². The fourth-order valence-corrected chi connectivity index (χ4v) is 2.57. The van der Waals surface area contributed by atoms with E-state index in [1.807, 2.05) is 6.92 Å². The molecule has 1 aliphatic heterocycles. The predicted molar refractivity (Wildman–Crippen MR) is 82.7 cm³/mol. The van der Waals surface area contributed by atoms with Gasteiger partial charge in [0.2, 0.25) is 5.91 Å². The van der Waals surface area contributed by atoms with Crippen LogP contribution in [0.2, 0.25) is 0 Å². The zero-order valence-corrected chi connectivity index (χ0v) is 12.4. The van der Waals surface area contributed by atoms with Crippen molar-refractivity contribution >= 4 is 23.0 Å². The first-order chi connectivity index (χ1) is 10.0. The van der Waals surface area contributed by atoms with Crippen LogP contribution in [0.5, 0.6) is 0 Å². The summed E-state index contributed by atoms with van der Waals surface area (Å²) in [6, 6.07) is 3.33. The number of amides is 1. The minimum absolute atomic E-state index is 0.0348. The maximum atomic E-state index is 11.4. The van der Waals surface area contributed by atoms with Crippen LogP contribution in [0.1, 0.15) is 45.1 Å². The highest BCUT2D eigenvalue weighted by Crippen LogP contribution is 2.35. The molecule has 0 saturated heterocycles. The molecule has 6 heteroatoms. The van der Waals surface area contributed by atoms with Gasteiger partial charge in [0.1, 0.15) is 5.69 Å². The summed E-state index contributed by atoms with van der Waals surface area (Å²) in [5.41, 5.74) is 1.88. The van der Waals surface area contributed by atoms with Crippen molar-refractivity contribution in [3.05, 3.63) is 27.8 Å². The highest BCUT2D eigenvalue weighted by Gasteiger charge is 2.25. The molecule has 1 aromatic rings. The Morgan fingerprint density at radius 3 is 2.86 bits per heavy atom. The van der Waals surface area contributed by atoms with Crippen molar-refractivity contribution in [2.75, 3.05) is 10.6 Å². The van der Waals surface area contributed by atoms with E-state index in [0.717, 1.165) is 25.7 Å². The Kier molecular flexibility index (Phi) is 4.77. The molecule has 2 N–H and O–H groups in total. The molecule has 1 aromatic carbocycles. The second-order valence-electron chi connectivity index (χ2n) is 5.55. The monoisotopic (exact) mass is 291 g/mol. The lowest BCUT2D eigenvalue weighted by atomic mass is 10.1. The largest absolute Gasteiger partial charge is 0.377 e. The number of hydrogen-bond donors (Lipinski definition) is 2. The predicted octanol–water partition coefficient (Wildman–Crippen LogP) is 3.47. The number of benzene rings is 1. The van der Waals surface area contributed by atoms with E-state index in [9.17, 15) is 14.9 Å². The zero-order valence-electron chi connectivity index (χ0n) is 12.4. The number of unbranched alkanes of at least 4 members (excludes halogenated alkanes) is 2. The van der Waals surface area contributed by atoms with Gasteiger partial charge in [-0.3, -0.25) is 14.9 Å². The molecule has 1 unspecified atom stereocenters. The molecule has 1 aliphatic rings. The third kappa shape index (κ3) is 3.71. The van der Waals surface area contributed by atoms with Gasteiger partial charge >= 0.3 is 0 Å². The van der Waals surface area contributed by atoms with Crippen LogP contribution in [-0.2, 0) is 11.2 Å². The molecule has 6 nitrogen and oxygen atoms in total. The van der Waals surface area contributed by atoms with Crippen LogP contribution in [-0.4, -0.2) is 16.9 Å². The van der Waals surface area contributed by atoms with E-state index < -0.39 is 4.92 Å². The van der Waals surface area contributed by atoms with E-state index in [-0.39, 0.29) is 24.1 Å². The van der Waals surface area contributed by atoms with Crippen LogP contribution in [0.15, 0.2) is 12.1 Å². The fraction of sp³-hybridized carbons (Fsp3) is 0.533. The van der Waals surface area contributed by atoms with Gasteiger partial charge in [0.25, 0.3) is 5.69 Å². The highest BCUT2D eigenvalue weighted by molar-refractivity contribution is 6.00. The Morgan fingerprint density at radius 2 is 2.19 bits per heavy atom. The lowest BCUT2D eigenvalue weighted by Crippen LogP contribution is -2.16. The van der Waals surface area contributed by atoms with Gasteiger partial charge in [-0.25, -0.2) is 0 Å². The van der Waals surface area contributed by atoms with Crippen LogP contribution in [0.3, 0.4) is 0 Å². The molecule has 21 heavy (non-hydrogen) atoms. The van der Waals surface area contributed by atoms with Gasteiger partial charge in [-0.1, -0.05) is 26.2 Å². The molecule has 0 spiro atoms. The van der Waals surface area contributed by atoms with Crippen molar-refractivity contribution in [2.45, 2.75) is 52.0 Å². The highest BCUT2D eigenvalue weighted by atomic mass is 16.6. The number of rotatable bonds is 7. The lowest BCUT2D eigenvalue weighted by molar-refractivity contribution is -0.384. The van der Waals surface area contributed by atoms with Gasteiger partial charge in [0.05, 0.1) is 11.3 Å². The quantitative estimate of drug-likeness (QED) is 0.457. The third-order valence-corrected chi connectivity index (χ3v) is 3.69. The van der Waals surface area contributed by atoms with Crippen LogP contribution in [0.25, 0.3) is 0 Å². The average molecular weight is 291 g/mol. The fourth-order valence-electron chi connectivity index (χ4n) is 2.57. The molecule has 1 amide bonds. The zero-order chi connectivity index (χ0) is 15.4. The number of nitro benzene ring substituents is 1. The molecule has 0 saturated carbocycles. The number of hydrogen-bond acceptors (Lipinski definition) is 4. The molecular formula is C15H21N3O3. The smallest absolute Gasteiger partial charge is 0.292 e. The topological polar surface area (TPSA) is 84.3 Å². The van der Waals surface area contributed by atoms with Crippen molar-refractivity contribution in [1.29, 1.82) is 0 Å². The summed E-state index contributed by atoms with van der Waals surface area (Å²) in [5, 5.41) is 17.1. The summed E-state index contributed by atoms with van der Waals surface area (Å²) in [6.07, 6.45) is 4.59. The summed E-state index contributed by atoms with van der Waals surface area (Å²) in [4.78, 5) is 22.2. The summed E-state index contributed by atoms with van der Waals surface area (Å²) >= 11 is 0. The SMILES string of the molecule is CCCCCC(C)Nc1cc2c(cc1[N+](=O)[O-])CC(=O)N2. The number of nitro groups is 1. The van der Waals surface area contributed by atoms with Crippen molar-refractivity contribution in [3.8, 4) is 0 Å². The second-order valence-corrected chi connectivity index (χ2v) is 5.55. The number of anilines is 2. The summed E-state index contributed by atoms with van der Waals surface area (Å²) in [7, 11) is 0. The third-order valence-electron chi connectivity index (χ3n) is 3.69. The Bertz CT molecular complexity index is 557. The maximum Gasteiger partial charge on any atom is 0.292 e. The Morgan fingerprint density at radius 1 is 1.43 bits per heavy atom. The van der Waals surface area contributed by atoms with Gasteiger partial charge in [-0.05, 0) is 25.0 Å². The first kappa shape index (κ1) is 15.3.